The van der Waals surface area contributed by atoms with Gasteiger partial charge in [0, 0.05) is 36.9 Å². The van der Waals surface area contributed by atoms with E-state index in [1.165, 1.54) is 6.92 Å². The number of nitrogens with one attached hydrogen (secondary N) is 4. The molecule has 1 aromatic carbocycles. The third kappa shape index (κ3) is 6.91. The van der Waals surface area contributed by atoms with Crippen molar-refractivity contribution in [3.63, 3.8) is 0 Å². The van der Waals surface area contributed by atoms with Crippen LogP contribution in [0.5, 0.6) is 0 Å². The Bertz CT molecular complexity index is 1020. The highest BCUT2D eigenvalue weighted by Crippen LogP contribution is 2.27. The van der Waals surface area contributed by atoms with Gasteiger partial charge in [-0.05, 0) is 38.0 Å². The molecule has 1 heterocycles. The first-order valence-corrected chi connectivity index (χ1v) is 10.6. The molecule has 9 nitrogen and oxygen atoms in total. The number of ketones is 1. The summed E-state index contributed by atoms with van der Waals surface area (Å²) in [7, 11) is 0. The predicted molar refractivity (Wildman–Crippen MR) is 121 cm³/mol. The van der Waals surface area contributed by atoms with Gasteiger partial charge in [-0.15, -0.1) is 0 Å². The van der Waals surface area contributed by atoms with E-state index >= 15 is 0 Å². The highest BCUT2D eigenvalue weighted by molar-refractivity contribution is 6.35. The normalized spacial score (nSPS) is 12.8. The average Bonchev–Trinajstić information content (AvgIpc) is 3.13. The van der Waals surface area contributed by atoms with Gasteiger partial charge in [0.05, 0.1) is 17.3 Å². The van der Waals surface area contributed by atoms with Crippen molar-refractivity contribution < 1.29 is 23.9 Å². The van der Waals surface area contributed by atoms with Crippen molar-refractivity contribution in [3.05, 3.63) is 35.0 Å². The van der Waals surface area contributed by atoms with E-state index in [1.807, 2.05) is 6.07 Å². The zero-order valence-electron chi connectivity index (χ0n) is 18.2. The summed E-state index contributed by atoms with van der Waals surface area (Å²) in [5, 5.41) is 13.4. The van der Waals surface area contributed by atoms with Crippen molar-refractivity contribution in [2.45, 2.75) is 58.2 Å². The Kier molecular flexibility index (Phi) is 8.95. The predicted octanol–water partition coefficient (Wildman–Crippen LogP) is 2.30. The summed E-state index contributed by atoms with van der Waals surface area (Å²) < 4.78 is 5.19. The first kappa shape index (κ1) is 25.1. The van der Waals surface area contributed by atoms with Crippen LogP contribution in [0.3, 0.4) is 0 Å². The Morgan fingerprint density at radius 2 is 1.91 bits per heavy atom. The van der Waals surface area contributed by atoms with Crippen LogP contribution in [0.1, 0.15) is 39.2 Å². The first-order chi connectivity index (χ1) is 15.1. The van der Waals surface area contributed by atoms with Crippen molar-refractivity contribution in [3.8, 4) is 0 Å². The van der Waals surface area contributed by atoms with Gasteiger partial charge in [0.15, 0.2) is 5.78 Å². The number of benzene rings is 1. The molecule has 2 amide bonds. The van der Waals surface area contributed by atoms with Crippen molar-refractivity contribution in [1.29, 1.82) is 5.41 Å². The van der Waals surface area contributed by atoms with E-state index in [2.05, 4.69) is 15.6 Å². The number of Topliss-reactive ketones (excluding diaryl/α,β-unsaturated/α-hetero) is 1. The number of aromatic amines is 1. The summed E-state index contributed by atoms with van der Waals surface area (Å²) in [5.74, 6) is -2.19. The number of carbonyl (C=O) groups excluding carboxylic acids is 4. The lowest BCUT2D eigenvalue weighted by atomic mass is 10.0. The molecule has 2 aromatic rings. The summed E-state index contributed by atoms with van der Waals surface area (Å²) >= 11 is 6.31. The van der Waals surface area contributed by atoms with Gasteiger partial charge >= 0.3 is 5.97 Å². The molecular weight excluding hydrogens is 436 g/mol. The molecule has 1 aromatic heterocycles. The molecule has 0 aliphatic carbocycles. The lowest BCUT2D eigenvalue weighted by molar-refractivity contribution is -0.151. The lowest BCUT2D eigenvalue weighted by Crippen LogP contribution is -2.52. The fourth-order valence-electron chi connectivity index (χ4n) is 3.24. The molecular formula is C22H27ClN4O5. The molecule has 0 saturated heterocycles. The van der Waals surface area contributed by atoms with Crippen LogP contribution < -0.4 is 10.6 Å². The second-order valence-corrected chi connectivity index (χ2v) is 8.04. The molecule has 0 fully saturated rings. The molecule has 0 saturated carbocycles. The average molecular weight is 463 g/mol. The van der Waals surface area contributed by atoms with E-state index < -0.39 is 41.8 Å². The molecule has 4 N–H and O–H groups in total. The molecule has 32 heavy (non-hydrogen) atoms. The van der Waals surface area contributed by atoms with Gasteiger partial charge in [-0.2, -0.15) is 0 Å². The summed E-state index contributed by atoms with van der Waals surface area (Å²) in [5.41, 5.74) is 1.51. The summed E-state index contributed by atoms with van der Waals surface area (Å²) in [6, 6.07) is 3.28. The van der Waals surface area contributed by atoms with Crippen LogP contribution in [-0.2, 0) is 30.3 Å². The number of carbonyl (C=O) groups is 4. The number of aromatic nitrogens is 1. The van der Waals surface area contributed by atoms with Crippen LogP contribution in [0.2, 0.25) is 5.02 Å². The third-order valence-corrected chi connectivity index (χ3v) is 4.96. The second kappa shape index (κ2) is 11.4. The number of halogens is 1. The quantitative estimate of drug-likeness (QED) is 0.299. The van der Waals surface area contributed by atoms with E-state index in [1.54, 1.807) is 32.2 Å². The van der Waals surface area contributed by atoms with Crippen LogP contribution in [0.4, 0.5) is 0 Å². The summed E-state index contributed by atoms with van der Waals surface area (Å²) in [6.45, 7) is 4.62. The van der Waals surface area contributed by atoms with E-state index in [0.29, 0.717) is 11.2 Å². The van der Waals surface area contributed by atoms with Crippen molar-refractivity contribution in [1.82, 2.24) is 15.6 Å². The van der Waals surface area contributed by atoms with Crippen LogP contribution in [0, 0.1) is 5.41 Å². The second-order valence-electron chi connectivity index (χ2n) is 7.63. The zero-order chi connectivity index (χ0) is 23.8. The van der Waals surface area contributed by atoms with Gasteiger partial charge in [0.25, 0.3) is 0 Å². The smallest absolute Gasteiger partial charge is 0.328 e. The van der Waals surface area contributed by atoms with Crippen LogP contribution in [0.25, 0.3) is 10.9 Å². The SMILES string of the molecule is CC(=O)N[C@@H](Cc1c[nH]c2cccc(Cl)c12)C(=O)N[C@@H](CCC(=O)C=N)C(=O)OC(C)C. The maximum absolute atomic E-state index is 13.0. The molecule has 0 spiro atoms. The van der Waals surface area contributed by atoms with Crippen LogP contribution in [0.15, 0.2) is 24.4 Å². The Morgan fingerprint density at radius 1 is 1.19 bits per heavy atom. The molecule has 0 unspecified atom stereocenters. The van der Waals surface area contributed by atoms with Gasteiger partial charge in [0.2, 0.25) is 11.8 Å². The fraction of sp³-hybridized carbons (Fsp3) is 0.409. The standard InChI is InChI=1S/C22H27ClN4O5/c1-12(2)32-22(31)18(8-7-15(29)10-24)27-21(30)19(26-13(3)28)9-14-11-25-17-6-4-5-16(23)20(14)17/h4-6,10-12,18-19,24-25H,7-9H2,1-3H3,(H,26,28)(H,27,30)/t18-,19-/m0/s1. The molecule has 2 rings (SSSR count). The van der Waals surface area contributed by atoms with Crippen molar-refractivity contribution in [2.75, 3.05) is 0 Å². The number of hydrogen-bond acceptors (Lipinski definition) is 6. The summed E-state index contributed by atoms with van der Waals surface area (Å²) in [6.07, 6.45) is 1.95. The van der Waals surface area contributed by atoms with Gasteiger partial charge in [0.1, 0.15) is 12.1 Å². The summed E-state index contributed by atoms with van der Waals surface area (Å²) in [4.78, 5) is 51.8. The van der Waals surface area contributed by atoms with Crippen molar-refractivity contribution in [2.24, 2.45) is 0 Å². The number of fused-ring (bicyclic) bond motifs is 1. The number of H-pyrrole nitrogens is 1. The number of ether oxygens (including phenoxy) is 1. The largest absolute Gasteiger partial charge is 0.461 e. The third-order valence-electron chi connectivity index (χ3n) is 4.65. The van der Waals surface area contributed by atoms with Gasteiger partial charge in [-0.3, -0.25) is 14.4 Å². The highest BCUT2D eigenvalue weighted by atomic mass is 35.5. The van der Waals surface area contributed by atoms with Gasteiger partial charge < -0.3 is 25.8 Å². The molecule has 2 atom stereocenters. The molecule has 0 aliphatic heterocycles. The van der Waals surface area contributed by atoms with E-state index in [9.17, 15) is 19.2 Å². The monoisotopic (exact) mass is 462 g/mol. The lowest BCUT2D eigenvalue weighted by Gasteiger charge is -2.23. The Hall–Kier alpha value is -3.20. The minimum Gasteiger partial charge on any atom is -0.461 e. The molecule has 0 radical (unpaired) electrons. The number of hydrogen-bond donors (Lipinski definition) is 4. The Balaban J connectivity index is 2.24. The Morgan fingerprint density at radius 3 is 2.53 bits per heavy atom. The number of amides is 2. The first-order valence-electron chi connectivity index (χ1n) is 10.2. The Labute approximate surface area is 190 Å². The topological polar surface area (TPSA) is 141 Å². The minimum absolute atomic E-state index is 0.0305. The van der Waals surface area contributed by atoms with Crippen LogP contribution >= 0.6 is 11.6 Å². The maximum atomic E-state index is 13.0. The van der Waals surface area contributed by atoms with E-state index in [0.717, 1.165) is 16.5 Å². The fourth-order valence-corrected chi connectivity index (χ4v) is 3.53. The molecule has 0 bridgehead atoms. The van der Waals surface area contributed by atoms with E-state index in [4.69, 9.17) is 21.7 Å². The molecule has 172 valence electrons. The molecule has 10 heteroatoms. The minimum atomic E-state index is -1.10. The zero-order valence-corrected chi connectivity index (χ0v) is 18.9. The van der Waals surface area contributed by atoms with Gasteiger partial charge in [-0.25, -0.2) is 4.79 Å². The molecule has 0 aliphatic rings. The van der Waals surface area contributed by atoms with Gasteiger partial charge in [-0.1, -0.05) is 17.7 Å². The highest BCUT2D eigenvalue weighted by Gasteiger charge is 2.29. The number of rotatable bonds is 11. The maximum Gasteiger partial charge on any atom is 0.328 e. The van der Waals surface area contributed by atoms with Crippen LogP contribution in [-0.4, -0.2) is 53.0 Å². The van der Waals surface area contributed by atoms with E-state index in [-0.39, 0.29) is 19.3 Å². The number of esters is 1. The van der Waals surface area contributed by atoms with Crippen molar-refractivity contribution >= 4 is 52.3 Å².